The third-order valence-electron chi connectivity index (χ3n) is 7.79. The van der Waals surface area contributed by atoms with Gasteiger partial charge in [0.25, 0.3) is 5.91 Å². The van der Waals surface area contributed by atoms with Gasteiger partial charge in [-0.2, -0.15) is 5.26 Å². The number of ether oxygens (including phenoxy) is 2. The van der Waals surface area contributed by atoms with E-state index in [1.54, 1.807) is 48.8 Å². The molecule has 0 saturated heterocycles. The van der Waals surface area contributed by atoms with E-state index in [4.69, 9.17) is 9.47 Å². The molecule has 0 aliphatic rings. The van der Waals surface area contributed by atoms with Gasteiger partial charge in [0.15, 0.2) is 0 Å². The number of nitriles is 1. The van der Waals surface area contributed by atoms with E-state index >= 15 is 0 Å². The maximum absolute atomic E-state index is 12.8. The summed E-state index contributed by atoms with van der Waals surface area (Å²) in [5.41, 5.74) is 6.20. The molecule has 5 rings (SSSR count). The quantitative estimate of drug-likeness (QED) is 0.120. The van der Waals surface area contributed by atoms with E-state index in [0.29, 0.717) is 66.7 Å². The van der Waals surface area contributed by atoms with Crippen molar-refractivity contribution in [3.63, 3.8) is 0 Å². The van der Waals surface area contributed by atoms with Crippen LogP contribution in [0.2, 0.25) is 0 Å². The molecule has 0 unspecified atom stereocenters. The highest BCUT2D eigenvalue weighted by Gasteiger charge is 2.16. The molecule has 0 atom stereocenters. The first kappa shape index (κ1) is 35.4. The van der Waals surface area contributed by atoms with Gasteiger partial charge in [0.2, 0.25) is 10.0 Å². The van der Waals surface area contributed by atoms with Crippen LogP contribution in [0.25, 0.3) is 0 Å². The first-order chi connectivity index (χ1) is 24.1. The average molecular weight is 690 g/mol. The lowest BCUT2D eigenvalue weighted by Crippen LogP contribution is -2.23. The number of nitrogens with one attached hydrogen (secondary N) is 2. The van der Waals surface area contributed by atoms with Gasteiger partial charge in [-0.1, -0.05) is 36.4 Å². The highest BCUT2D eigenvalue weighted by molar-refractivity contribution is 7.92. The third-order valence-corrected chi connectivity index (χ3v) is 8.38. The maximum atomic E-state index is 12.8. The zero-order chi connectivity index (χ0) is 35.5. The van der Waals surface area contributed by atoms with Crippen LogP contribution < -0.4 is 24.4 Å². The number of amides is 1. The first-order valence-corrected chi connectivity index (χ1v) is 18.0. The summed E-state index contributed by atoms with van der Waals surface area (Å²) in [6.45, 7) is 5.67. The van der Waals surface area contributed by atoms with Crippen LogP contribution in [-0.4, -0.2) is 38.7 Å². The van der Waals surface area contributed by atoms with E-state index in [1.165, 1.54) is 0 Å². The Kier molecular flexibility index (Phi) is 11.7. The summed E-state index contributed by atoms with van der Waals surface area (Å²) >= 11 is 0. The van der Waals surface area contributed by atoms with Gasteiger partial charge in [-0.25, -0.2) is 8.42 Å². The lowest BCUT2D eigenvalue weighted by Gasteiger charge is -2.28. The molecule has 256 valence electrons. The molecule has 0 fully saturated rings. The Balaban J connectivity index is 1.36. The second-order valence-corrected chi connectivity index (χ2v) is 13.5. The van der Waals surface area contributed by atoms with Crippen LogP contribution in [-0.2, 0) is 29.5 Å². The van der Waals surface area contributed by atoms with E-state index in [1.807, 2.05) is 74.5 Å². The summed E-state index contributed by atoms with van der Waals surface area (Å²) in [7, 11) is -3.47. The molecule has 0 radical (unpaired) electrons. The summed E-state index contributed by atoms with van der Waals surface area (Å²) in [5.74, 6) is 1.34. The standard InChI is InChI=1S/C39H39N5O5S/c1-4-42-39(45)33-21-35(48-20-18-30-7-6-19-41-25-30)23-36(22-33)49-34-16-14-32(15-17-34)27-44(26-31-12-10-29(24-40)11-13-31)38-9-5-8-37(28(38)2)43-50(3,46)47/h5-17,19,21-23,25,43H,4,18,20,26-27H2,1-3H3,(H,42,45). The molecule has 10 nitrogen and oxygen atoms in total. The van der Waals surface area contributed by atoms with Gasteiger partial charge in [0.05, 0.1) is 30.2 Å². The number of aromatic nitrogens is 1. The van der Waals surface area contributed by atoms with Crippen molar-refractivity contribution < 1.29 is 22.7 Å². The van der Waals surface area contributed by atoms with E-state index < -0.39 is 10.0 Å². The molecule has 0 aliphatic heterocycles. The third kappa shape index (κ3) is 10.1. The molecule has 4 aromatic carbocycles. The van der Waals surface area contributed by atoms with Crippen molar-refractivity contribution in [1.82, 2.24) is 10.3 Å². The highest BCUT2D eigenvalue weighted by Crippen LogP contribution is 2.32. The summed E-state index contributed by atoms with van der Waals surface area (Å²) < 4.78 is 39.0. The summed E-state index contributed by atoms with van der Waals surface area (Å²) in [4.78, 5) is 19.1. The lowest BCUT2D eigenvalue weighted by atomic mass is 10.1. The van der Waals surface area contributed by atoms with E-state index in [0.717, 1.165) is 34.2 Å². The summed E-state index contributed by atoms with van der Waals surface area (Å²) in [6.07, 6.45) is 5.32. The molecule has 1 heterocycles. The van der Waals surface area contributed by atoms with Crippen LogP contribution in [0.1, 0.15) is 45.1 Å². The number of benzene rings is 4. The van der Waals surface area contributed by atoms with Crippen molar-refractivity contribution in [3.8, 4) is 23.3 Å². The van der Waals surface area contributed by atoms with Crippen LogP contribution in [0.5, 0.6) is 17.2 Å². The number of nitrogens with zero attached hydrogens (tertiary/aromatic N) is 3. The normalized spacial score (nSPS) is 10.9. The molecule has 0 saturated carbocycles. The number of carbonyl (C=O) groups is 1. The van der Waals surface area contributed by atoms with Gasteiger partial charge in [-0.05, 0) is 90.7 Å². The number of hydrogen-bond acceptors (Lipinski definition) is 8. The predicted molar refractivity (Wildman–Crippen MR) is 195 cm³/mol. The zero-order valence-corrected chi connectivity index (χ0v) is 29.0. The summed E-state index contributed by atoms with van der Waals surface area (Å²) in [6, 6.07) is 31.8. The topological polar surface area (TPSA) is 134 Å². The minimum atomic E-state index is -3.47. The Morgan fingerprint density at radius 1 is 0.880 bits per heavy atom. The monoisotopic (exact) mass is 689 g/mol. The van der Waals surface area contributed by atoms with Gasteiger partial charge >= 0.3 is 0 Å². The SMILES string of the molecule is CCNC(=O)c1cc(OCCc2cccnc2)cc(Oc2ccc(CN(Cc3ccc(C#N)cc3)c3cccc(NS(C)(=O)=O)c3C)cc2)c1. The zero-order valence-electron chi connectivity index (χ0n) is 28.2. The fraction of sp³-hybridized carbons (Fsp3) is 0.205. The number of rotatable bonds is 15. The fourth-order valence-electron chi connectivity index (χ4n) is 5.37. The number of pyridine rings is 1. The summed E-state index contributed by atoms with van der Waals surface area (Å²) in [5, 5.41) is 12.1. The molecular weight excluding hydrogens is 651 g/mol. The van der Waals surface area contributed by atoms with Gasteiger partial charge < -0.3 is 19.7 Å². The van der Waals surface area contributed by atoms with E-state index in [9.17, 15) is 18.5 Å². The number of anilines is 2. The smallest absolute Gasteiger partial charge is 0.251 e. The Morgan fingerprint density at radius 2 is 1.58 bits per heavy atom. The Labute approximate surface area is 293 Å². The van der Waals surface area contributed by atoms with Crippen LogP contribution in [0.15, 0.2) is 109 Å². The average Bonchev–Trinajstić information content (AvgIpc) is 3.10. The van der Waals surface area contributed by atoms with Crippen LogP contribution in [0, 0.1) is 18.3 Å². The molecular formula is C39H39N5O5S. The fourth-order valence-corrected chi connectivity index (χ4v) is 5.99. The molecule has 11 heteroatoms. The van der Waals surface area contributed by atoms with Crippen LogP contribution in [0.4, 0.5) is 11.4 Å². The number of sulfonamides is 1. The molecule has 2 N–H and O–H groups in total. The van der Waals surface area contributed by atoms with E-state index in [-0.39, 0.29) is 5.91 Å². The second-order valence-electron chi connectivity index (χ2n) is 11.7. The van der Waals surface area contributed by atoms with Gasteiger partial charge in [-0.3, -0.25) is 14.5 Å². The minimum absolute atomic E-state index is 0.223. The lowest BCUT2D eigenvalue weighted by molar-refractivity contribution is 0.0955. The molecule has 0 bridgehead atoms. The van der Waals surface area contributed by atoms with Crippen molar-refractivity contribution in [2.75, 3.05) is 29.0 Å². The van der Waals surface area contributed by atoms with Crippen molar-refractivity contribution in [2.24, 2.45) is 0 Å². The molecule has 1 amide bonds. The molecule has 0 aliphatic carbocycles. The van der Waals surface area contributed by atoms with Gasteiger partial charge in [-0.15, -0.1) is 0 Å². The Bertz CT molecular complexity index is 2060. The molecule has 50 heavy (non-hydrogen) atoms. The van der Waals surface area contributed by atoms with Crippen LogP contribution >= 0.6 is 0 Å². The van der Waals surface area contributed by atoms with E-state index in [2.05, 4.69) is 26.0 Å². The molecule has 1 aromatic heterocycles. The van der Waals surface area contributed by atoms with Gasteiger partial charge in [0.1, 0.15) is 17.2 Å². The number of hydrogen-bond donors (Lipinski definition) is 2. The van der Waals surface area contributed by atoms with Crippen LogP contribution in [0.3, 0.4) is 0 Å². The van der Waals surface area contributed by atoms with Crippen molar-refractivity contribution >= 4 is 27.3 Å². The number of carbonyl (C=O) groups excluding carboxylic acids is 1. The second kappa shape index (κ2) is 16.5. The largest absolute Gasteiger partial charge is 0.493 e. The first-order valence-electron chi connectivity index (χ1n) is 16.1. The predicted octanol–water partition coefficient (Wildman–Crippen LogP) is 7.00. The molecule has 5 aromatic rings. The van der Waals surface area contributed by atoms with Crippen molar-refractivity contribution in [2.45, 2.75) is 33.4 Å². The van der Waals surface area contributed by atoms with Crippen molar-refractivity contribution in [3.05, 3.63) is 143 Å². The maximum Gasteiger partial charge on any atom is 0.251 e. The Morgan fingerprint density at radius 3 is 2.22 bits per heavy atom. The van der Waals surface area contributed by atoms with Crippen molar-refractivity contribution in [1.29, 1.82) is 5.26 Å². The molecule has 0 spiro atoms. The Hall–Kier alpha value is -5.86. The highest BCUT2D eigenvalue weighted by atomic mass is 32.2. The van der Waals surface area contributed by atoms with Gasteiger partial charge in [0, 0.05) is 55.8 Å². The minimum Gasteiger partial charge on any atom is -0.493 e.